The summed E-state index contributed by atoms with van der Waals surface area (Å²) >= 11 is 1.40. The second kappa shape index (κ2) is 11.8. The molecule has 0 spiro atoms. The van der Waals surface area contributed by atoms with Crippen LogP contribution in [0.1, 0.15) is 58.9 Å². The van der Waals surface area contributed by atoms with E-state index in [0.717, 1.165) is 42.6 Å². The molecule has 1 N–H and O–H groups in total. The number of carbonyl (C=O) groups excluding carboxylic acids is 2. The number of rotatable bonds is 9. The van der Waals surface area contributed by atoms with Gasteiger partial charge in [-0.05, 0) is 54.0 Å². The lowest BCUT2D eigenvalue weighted by molar-refractivity contribution is -0.126. The second-order valence-electron chi connectivity index (χ2n) is 8.73. The van der Waals surface area contributed by atoms with Crippen LogP contribution in [0.3, 0.4) is 0 Å². The van der Waals surface area contributed by atoms with E-state index in [-0.39, 0.29) is 17.9 Å². The zero-order chi connectivity index (χ0) is 23.8. The molecule has 1 unspecified atom stereocenters. The molecule has 2 aromatic carbocycles. The third-order valence-electron chi connectivity index (χ3n) is 6.42. The fraction of sp³-hybridized carbons (Fsp3) is 0.357. The highest BCUT2D eigenvalue weighted by molar-refractivity contribution is 7.12. The van der Waals surface area contributed by atoms with Crippen LogP contribution in [-0.4, -0.2) is 36.4 Å². The van der Waals surface area contributed by atoms with Crippen LogP contribution in [0.2, 0.25) is 0 Å². The van der Waals surface area contributed by atoms with Gasteiger partial charge < -0.3 is 15.0 Å². The molecule has 1 aliphatic rings. The maximum Gasteiger partial charge on any atom is 0.264 e. The van der Waals surface area contributed by atoms with Crippen molar-refractivity contribution >= 4 is 23.2 Å². The number of nitrogens with one attached hydrogen (secondary N) is 1. The van der Waals surface area contributed by atoms with Gasteiger partial charge in [0, 0.05) is 12.6 Å². The van der Waals surface area contributed by atoms with E-state index in [0.29, 0.717) is 17.8 Å². The van der Waals surface area contributed by atoms with Crippen molar-refractivity contribution in [3.8, 4) is 5.75 Å². The van der Waals surface area contributed by atoms with Gasteiger partial charge in [-0.15, -0.1) is 11.3 Å². The normalized spacial score (nSPS) is 14.9. The molecule has 3 aromatic rings. The zero-order valence-electron chi connectivity index (χ0n) is 19.6. The van der Waals surface area contributed by atoms with Crippen LogP contribution < -0.4 is 10.1 Å². The summed E-state index contributed by atoms with van der Waals surface area (Å²) in [5, 5.41) is 5.16. The van der Waals surface area contributed by atoms with Crippen molar-refractivity contribution in [1.29, 1.82) is 0 Å². The van der Waals surface area contributed by atoms with Crippen molar-refractivity contribution in [2.75, 3.05) is 13.7 Å². The highest BCUT2D eigenvalue weighted by atomic mass is 32.1. The Balaban J connectivity index is 1.67. The lowest BCUT2D eigenvalue weighted by atomic mass is 9.94. The molecule has 1 fully saturated rings. The molecular formula is C28H32N2O3S. The summed E-state index contributed by atoms with van der Waals surface area (Å²) in [6.45, 7) is 0.440. The summed E-state index contributed by atoms with van der Waals surface area (Å²) in [6.07, 6.45) is 6.12. The van der Waals surface area contributed by atoms with Crippen LogP contribution in [0.25, 0.3) is 0 Å². The third kappa shape index (κ3) is 6.06. The minimum Gasteiger partial charge on any atom is -0.497 e. The first kappa shape index (κ1) is 24.0. The Hall–Kier alpha value is -3.12. The summed E-state index contributed by atoms with van der Waals surface area (Å²) in [6, 6.07) is 20.7. The van der Waals surface area contributed by atoms with Crippen LogP contribution in [-0.2, 0) is 11.2 Å². The SMILES string of the molecule is COc1ccc(C(C(=O)NC2CCCCC2)N(CCc2ccccc2)C(=O)c2cccs2)cc1. The maximum absolute atomic E-state index is 13.8. The molecule has 0 bridgehead atoms. The number of thiophene rings is 1. The van der Waals surface area contributed by atoms with Crippen molar-refractivity contribution in [3.63, 3.8) is 0 Å². The molecule has 6 heteroatoms. The van der Waals surface area contributed by atoms with E-state index in [2.05, 4.69) is 17.4 Å². The molecule has 1 atom stereocenters. The summed E-state index contributed by atoms with van der Waals surface area (Å²) in [4.78, 5) is 29.8. The van der Waals surface area contributed by atoms with Gasteiger partial charge in [0.15, 0.2) is 0 Å². The van der Waals surface area contributed by atoms with Gasteiger partial charge in [0.05, 0.1) is 12.0 Å². The molecule has 5 nitrogen and oxygen atoms in total. The molecule has 34 heavy (non-hydrogen) atoms. The lowest BCUT2D eigenvalue weighted by Crippen LogP contribution is -2.47. The van der Waals surface area contributed by atoms with E-state index in [1.807, 2.05) is 60.0 Å². The van der Waals surface area contributed by atoms with E-state index < -0.39 is 6.04 Å². The smallest absolute Gasteiger partial charge is 0.264 e. The van der Waals surface area contributed by atoms with E-state index in [4.69, 9.17) is 4.74 Å². The van der Waals surface area contributed by atoms with Gasteiger partial charge >= 0.3 is 0 Å². The largest absolute Gasteiger partial charge is 0.497 e. The minimum absolute atomic E-state index is 0.116. The highest BCUT2D eigenvalue weighted by Gasteiger charge is 2.33. The molecule has 1 heterocycles. The number of ether oxygens (including phenoxy) is 1. The van der Waals surface area contributed by atoms with Gasteiger partial charge in [0.2, 0.25) is 5.91 Å². The van der Waals surface area contributed by atoms with Crippen LogP contribution in [0.15, 0.2) is 72.1 Å². The zero-order valence-corrected chi connectivity index (χ0v) is 20.4. The molecule has 0 saturated heterocycles. The standard InChI is InChI=1S/C28H32N2O3S/c1-33-24-16-14-22(15-17-24)26(27(31)29-23-11-6-3-7-12-23)30(28(32)25-13-8-20-34-25)19-18-21-9-4-2-5-10-21/h2,4-5,8-10,13-17,20,23,26H,3,6-7,11-12,18-19H2,1H3,(H,29,31). The van der Waals surface area contributed by atoms with Crippen LogP contribution in [0, 0.1) is 0 Å². The molecule has 1 aromatic heterocycles. The summed E-state index contributed by atoms with van der Waals surface area (Å²) in [5.41, 5.74) is 1.92. The van der Waals surface area contributed by atoms with Crippen LogP contribution in [0.4, 0.5) is 0 Å². The van der Waals surface area contributed by atoms with Gasteiger partial charge in [0.25, 0.3) is 5.91 Å². The van der Waals surface area contributed by atoms with Gasteiger partial charge in [-0.3, -0.25) is 9.59 Å². The molecule has 1 aliphatic carbocycles. The topological polar surface area (TPSA) is 58.6 Å². The molecule has 0 radical (unpaired) electrons. The second-order valence-corrected chi connectivity index (χ2v) is 9.68. The predicted octanol–water partition coefficient (Wildman–Crippen LogP) is 5.63. The lowest BCUT2D eigenvalue weighted by Gasteiger charge is -2.33. The van der Waals surface area contributed by atoms with Crippen LogP contribution in [0.5, 0.6) is 5.75 Å². The van der Waals surface area contributed by atoms with Gasteiger partial charge in [0.1, 0.15) is 11.8 Å². The Kier molecular flexibility index (Phi) is 8.36. The number of methoxy groups -OCH3 is 1. The monoisotopic (exact) mass is 476 g/mol. The summed E-state index contributed by atoms with van der Waals surface area (Å²) in [7, 11) is 1.62. The molecule has 4 rings (SSSR count). The number of hydrogen-bond acceptors (Lipinski definition) is 4. The quantitative estimate of drug-likeness (QED) is 0.435. The first-order valence-corrected chi connectivity index (χ1v) is 12.9. The number of hydrogen-bond donors (Lipinski definition) is 1. The summed E-state index contributed by atoms with van der Waals surface area (Å²) in [5.74, 6) is 0.483. The van der Waals surface area contributed by atoms with Crippen molar-refractivity contribution in [3.05, 3.63) is 88.1 Å². The Bertz CT molecular complexity index is 1050. The maximum atomic E-state index is 13.8. The third-order valence-corrected chi connectivity index (χ3v) is 7.28. The van der Waals surface area contributed by atoms with E-state index >= 15 is 0 Å². The summed E-state index contributed by atoms with van der Waals surface area (Å²) < 4.78 is 5.32. The van der Waals surface area contributed by atoms with E-state index in [1.54, 1.807) is 12.0 Å². The Morgan fingerprint density at radius 1 is 1.00 bits per heavy atom. The van der Waals surface area contributed by atoms with E-state index in [9.17, 15) is 9.59 Å². The number of amides is 2. The average Bonchev–Trinajstić information content (AvgIpc) is 3.43. The van der Waals surface area contributed by atoms with Crippen molar-refractivity contribution < 1.29 is 14.3 Å². The first-order chi connectivity index (χ1) is 16.7. The molecule has 0 aliphatic heterocycles. The predicted molar refractivity (Wildman–Crippen MR) is 136 cm³/mol. The molecule has 178 valence electrons. The van der Waals surface area contributed by atoms with Gasteiger partial charge in [-0.25, -0.2) is 0 Å². The molecule has 1 saturated carbocycles. The molecular weight excluding hydrogens is 444 g/mol. The minimum atomic E-state index is -0.717. The van der Waals surface area contributed by atoms with Gasteiger partial charge in [-0.1, -0.05) is 67.8 Å². The van der Waals surface area contributed by atoms with Crippen molar-refractivity contribution in [2.24, 2.45) is 0 Å². The molecule has 2 amide bonds. The Morgan fingerprint density at radius 3 is 2.38 bits per heavy atom. The Morgan fingerprint density at radius 2 is 1.74 bits per heavy atom. The van der Waals surface area contributed by atoms with E-state index in [1.165, 1.54) is 17.8 Å². The van der Waals surface area contributed by atoms with Gasteiger partial charge in [-0.2, -0.15) is 0 Å². The number of nitrogens with zero attached hydrogens (tertiary/aromatic N) is 1. The number of carbonyl (C=O) groups is 2. The Labute approximate surface area is 205 Å². The first-order valence-electron chi connectivity index (χ1n) is 12.0. The average molecular weight is 477 g/mol. The highest BCUT2D eigenvalue weighted by Crippen LogP contribution is 2.28. The van der Waals surface area contributed by atoms with Crippen molar-refractivity contribution in [1.82, 2.24) is 10.2 Å². The van der Waals surface area contributed by atoms with Crippen molar-refractivity contribution in [2.45, 2.75) is 50.6 Å². The van der Waals surface area contributed by atoms with Crippen LogP contribution >= 0.6 is 11.3 Å². The fourth-order valence-electron chi connectivity index (χ4n) is 4.57. The number of benzene rings is 2. The fourth-order valence-corrected chi connectivity index (χ4v) is 5.25.